The van der Waals surface area contributed by atoms with Gasteiger partial charge in [0.2, 0.25) is 12.3 Å². The molecule has 3 atom stereocenters. The first kappa shape index (κ1) is 26.3. The molecule has 0 bridgehead atoms. The lowest BCUT2D eigenvalue weighted by atomic mass is 9.92. The molecule has 0 spiro atoms. The largest absolute Gasteiger partial charge is 0.352 e. The van der Waals surface area contributed by atoms with Crippen LogP contribution in [0.15, 0.2) is 0 Å². The number of carbonyl (C=O) groups excluding carboxylic acids is 2. The number of halogens is 1. The molecular formula is C24H39FN6O3. The van der Waals surface area contributed by atoms with Crippen LogP contribution in [0.5, 0.6) is 0 Å². The van der Waals surface area contributed by atoms with Crippen molar-refractivity contribution in [3.63, 3.8) is 0 Å². The van der Waals surface area contributed by atoms with Crippen molar-refractivity contribution in [3.8, 4) is 0 Å². The summed E-state index contributed by atoms with van der Waals surface area (Å²) in [5.74, 6) is 0.207. The molecule has 10 heteroatoms. The second-order valence-electron chi connectivity index (χ2n) is 10.0. The fourth-order valence-corrected chi connectivity index (χ4v) is 5.31. The molecule has 3 rings (SSSR count). The van der Waals surface area contributed by atoms with E-state index in [-0.39, 0.29) is 30.5 Å². The summed E-state index contributed by atoms with van der Waals surface area (Å²) in [4.78, 5) is 36.8. The van der Waals surface area contributed by atoms with Crippen LogP contribution in [0.3, 0.4) is 0 Å². The maximum Gasteiger partial charge on any atom is 0.233 e. The number of carbonyl (C=O) groups is 2. The van der Waals surface area contributed by atoms with E-state index in [1.54, 1.807) is 0 Å². The molecule has 1 aromatic rings. The van der Waals surface area contributed by atoms with Crippen molar-refractivity contribution in [2.45, 2.75) is 65.0 Å². The number of aryl methyl sites for hydroxylation is 1. The highest BCUT2D eigenvalue weighted by molar-refractivity contribution is 5.79. The van der Waals surface area contributed by atoms with Gasteiger partial charge in [-0.15, -0.1) is 0 Å². The number of amides is 2. The van der Waals surface area contributed by atoms with E-state index in [1.807, 2.05) is 25.9 Å². The van der Waals surface area contributed by atoms with Gasteiger partial charge < -0.3 is 15.1 Å². The van der Waals surface area contributed by atoms with Crippen LogP contribution < -0.4 is 10.2 Å². The second kappa shape index (κ2) is 11.9. The van der Waals surface area contributed by atoms with E-state index in [2.05, 4.69) is 27.1 Å². The summed E-state index contributed by atoms with van der Waals surface area (Å²) in [7, 11) is 4.05. The van der Waals surface area contributed by atoms with E-state index in [9.17, 15) is 14.8 Å². The van der Waals surface area contributed by atoms with Gasteiger partial charge in [-0.1, -0.05) is 39.5 Å². The summed E-state index contributed by atoms with van der Waals surface area (Å²) < 4.78 is 15.5. The first-order chi connectivity index (χ1) is 16.2. The second-order valence-corrected chi connectivity index (χ2v) is 10.0. The number of nitrogens with one attached hydrogen (secondary N) is 1. The zero-order chi connectivity index (χ0) is 24.8. The molecule has 9 nitrogen and oxygen atoms in total. The Morgan fingerprint density at radius 1 is 1.29 bits per heavy atom. The van der Waals surface area contributed by atoms with E-state index in [1.165, 1.54) is 0 Å². The molecule has 1 aromatic heterocycles. The number of nitrogens with zero attached hydrogens (tertiary/aromatic N) is 5. The lowest BCUT2D eigenvalue weighted by Crippen LogP contribution is -2.38. The summed E-state index contributed by atoms with van der Waals surface area (Å²) in [5, 5.41) is 13.0. The highest BCUT2D eigenvalue weighted by atomic mass is 19.1. The van der Waals surface area contributed by atoms with Gasteiger partial charge in [0.15, 0.2) is 11.6 Å². The molecule has 0 unspecified atom stereocenters. The number of rotatable bonds is 11. The third-order valence-corrected chi connectivity index (χ3v) is 7.22. The van der Waals surface area contributed by atoms with Crippen molar-refractivity contribution in [2.75, 3.05) is 38.6 Å². The maximum atomic E-state index is 15.5. The maximum absolute atomic E-state index is 15.5. The summed E-state index contributed by atoms with van der Waals surface area (Å²) >= 11 is 0. The molecule has 0 radical (unpaired) electrons. The average molecular weight is 479 g/mol. The summed E-state index contributed by atoms with van der Waals surface area (Å²) in [5.41, 5.74) is 0.159. The van der Waals surface area contributed by atoms with Crippen molar-refractivity contribution in [3.05, 3.63) is 17.3 Å². The Labute approximate surface area is 201 Å². The molecule has 2 aliphatic rings. The van der Waals surface area contributed by atoms with E-state index < -0.39 is 11.7 Å². The van der Waals surface area contributed by atoms with Gasteiger partial charge in [-0.2, -0.15) is 0 Å². The predicted molar refractivity (Wildman–Crippen MR) is 127 cm³/mol. The number of hydroxylamine groups is 2. The van der Waals surface area contributed by atoms with Gasteiger partial charge in [0.25, 0.3) is 0 Å². The smallest absolute Gasteiger partial charge is 0.233 e. The first-order valence-electron chi connectivity index (χ1n) is 12.4. The summed E-state index contributed by atoms with van der Waals surface area (Å²) in [6.45, 7) is 5.30. The van der Waals surface area contributed by atoms with Gasteiger partial charge in [0, 0.05) is 25.6 Å². The lowest BCUT2D eigenvalue weighted by Gasteiger charge is -2.24. The highest BCUT2D eigenvalue weighted by Gasteiger charge is 2.34. The monoisotopic (exact) mass is 478 g/mol. The van der Waals surface area contributed by atoms with Gasteiger partial charge >= 0.3 is 0 Å². The van der Waals surface area contributed by atoms with Crippen LogP contribution in [0.4, 0.5) is 10.2 Å². The van der Waals surface area contributed by atoms with Gasteiger partial charge in [0.05, 0.1) is 19.0 Å². The molecule has 2 heterocycles. The Hall–Kier alpha value is -2.33. The molecule has 2 N–H and O–H groups in total. The number of aromatic nitrogens is 2. The van der Waals surface area contributed by atoms with Crippen molar-refractivity contribution >= 4 is 18.1 Å². The van der Waals surface area contributed by atoms with Crippen LogP contribution in [-0.2, 0) is 22.6 Å². The minimum absolute atomic E-state index is 0.0681. The Kier molecular flexibility index (Phi) is 9.18. The standard InChI is InChI=1S/C24H39FN6O3/c1-5-21-27-19(22(25)23(28-21)30-12-16(2)20(14-30)29(3)4)11-26-24(33)18(13-31(34)15-32)10-17-8-6-7-9-17/h15-18,20,34H,5-14H2,1-4H3,(H,26,33)/t16-,18+,20-/m0/s1. The molecular weight excluding hydrogens is 439 g/mol. The number of hydrogen-bond acceptors (Lipinski definition) is 7. The number of likely N-dealkylation sites (N-methyl/N-ethyl adjacent to an activating group) is 1. The zero-order valence-electron chi connectivity index (χ0n) is 20.8. The molecule has 1 aliphatic heterocycles. The van der Waals surface area contributed by atoms with Crippen LogP contribution in [-0.4, -0.2) is 77.2 Å². The fraction of sp³-hybridized carbons (Fsp3) is 0.750. The quantitative estimate of drug-likeness (QED) is 0.286. The molecule has 34 heavy (non-hydrogen) atoms. The van der Waals surface area contributed by atoms with Crippen molar-refractivity contribution < 1.29 is 19.2 Å². The highest BCUT2D eigenvalue weighted by Crippen LogP contribution is 2.31. The van der Waals surface area contributed by atoms with Gasteiger partial charge in [-0.05, 0) is 32.4 Å². The number of anilines is 1. The molecule has 2 fully saturated rings. The minimum atomic E-state index is -0.561. The third kappa shape index (κ3) is 6.41. The third-order valence-electron chi connectivity index (χ3n) is 7.22. The normalized spacial score (nSPS) is 21.8. The first-order valence-corrected chi connectivity index (χ1v) is 12.4. The molecule has 1 aliphatic carbocycles. The molecule has 2 amide bonds. The van der Waals surface area contributed by atoms with E-state index in [0.29, 0.717) is 61.1 Å². The topological polar surface area (TPSA) is 102 Å². The molecule has 1 saturated heterocycles. The van der Waals surface area contributed by atoms with Crippen molar-refractivity contribution in [1.82, 2.24) is 25.2 Å². The minimum Gasteiger partial charge on any atom is -0.352 e. The Balaban J connectivity index is 1.74. The SMILES string of the molecule is CCc1nc(CNC(=O)[C@H](CC2CCCC2)CN(O)C=O)c(F)c(N2C[C@H](C)[C@@H](N(C)C)C2)n1. The summed E-state index contributed by atoms with van der Waals surface area (Å²) in [6.07, 6.45) is 5.80. The van der Waals surface area contributed by atoms with Crippen LogP contribution in [0, 0.1) is 23.6 Å². The Morgan fingerprint density at radius 2 is 2.00 bits per heavy atom. The van der Waals surface area contributed by atoms with Gasteiger partial charge in [-0.3, -0.25) is 14.8 Å². The Bertz CT molecular complexity index is 848. The lowest BCUT2D eigenvalue weighted by molar-refractivity contribution is -0.155. The zero-order valence-corrected chi connectivity index (χ0v) is 20.8. The van der Waals surface area contributed by atoms with Gasteiger partial charge in [-0.25, -0.2) is 19.4 Å². The van der Waals surface area contributed by atoms with Crippen LogP contribution >= 0.6 is 0 Å². The molecule has 1 saturated carbocycles. The number of hydrogen-bond donors (Lipinski definition) is 2. The van der Waals surface area contributed by atoms with Crippen LogP contribution in [0.1, 0.15) is 57.5 Å². The van der Waals surface area contributed by atoms with Crippen LogP contribution in [0.2, 0.25) is 0 Å². The van der Waals surface area contributed by atoms with E-state index in [0.717, 1.165) is 25.7 Å². The van der Waals surface area contributed by atoms with Gasteiger partial charge in [0.1, 0.15) is 11.5 Å². The predicted octanol–water partition coefficient (Wildman–Crippen LogP) is 2.22. The van der Waals surface area contributed by atoms with Crippen LogP contribution in [0.25, 0.3) is 0 Å². The fourth-order valence-electron chi connectivity index (χ4n) is 5.31. The van der Waals surface area contributed by atoms with Crippen molar-refractivity contribution in [2.24, 2.45) is 17.8 Å². The molecule has 0 aromatic carbocycles. The van der Waals surface area contributed by atoms with E-state index in [4.69, 9.17) is 0 Å². The Morgan fingerprint density at radius 3 is 2.59 bits per heavy atom. The molecule has 190 valence electrons. The van der Waals surface area contributed by atoms with E-state index >= 15 is 4.39 Å². The van der Waals surface area contributed by atoms with Crippen molar-refractivity contribution in [1.29, 1.82) is 0 Å². The average Bonchev–Trinajstić information content (AvgIpc) is 3.47. The summed E-state index contributed by atoms with van der Waals surface area (Å²) in [6, 6.07) is 0.304.